The number of hydrogen-bond donors (Lipinski definition) is 1. The Morgan fingerprint density at radius 3 is 2.14 bits per heavy atom. The number of carbonyl (C=O) groups is 3. The van der Waals surface area contributed by atoms with Gasteiger partial charge in [0.05, 0.1) is 12.8 Å². The molecule has 0 bridgehead atoms. The molecule has 0 saturated heterocycles. The lowest BCUT2D eigenvalue weighted by Gasteiger charge is -2.12. The van der Waals surface area contributed by atoms with Crippen LogP contribution in [-0.2, 0) is 14.3 Å². The Bertz CT molecular complexity index is 1020. The van der Waals surface area contributed by atoms with E-state index in [1.807, 2.05) is 66.0 Å². The first-order valence-electron chi connectivity index (χ1n) is 8.71. The maximum absolute atomic E-state index is 12.8. The molecule has 0 aliphatic heterocycles. The predicted octanol–water partition coefficient (Wildman–Crippen LogP) is 3.91. The van der Waals surface area contributed by atoms with E-state index in [9.17, 15) is 14.4 Å². The summed E-state index contributed by atoms with van der Waals surface area (Å²) in [4.78, 5) is 40.8. The number of nitrogens with zero attached hydrogens (tertiary/aromatic N) is 1. The van der Waals surface area contributed by atoms with Crippen molar-refractivity contribution in [2.75, 3.05) is 7.11 Å². The van der Waals surface area contributed by atoms with Gasteiger partial charge >= 0.3 is 12.1 Å². The number of benzene rings is 2. The van der Waals surface area contributed by atoms with E-state index in [0.717, 1.165) is 18.2 Å². The highest BCUT2D eigenvalue weighted by molar-refractivity contribution is 7.17. The molecule has 0 unspecified atom stereocenters. The third-order valence-corrected chi connectivity index (χ3v) is 5.03. The van der Waals surface area contributed by atoms with Gasteiger partial charge in [-0.25, -0.2) is 14.6 Å². The van der Waals surface area contributed by atoms with Crippen LogP contribution in [0, 0.1) is 0 Å². The standard InChI is InChI=1S/C21H18N2O5S/c1-13(18(24)23-21(26)27-2)28-20(25)17-16(14-9-5-3-6-10-14)22-19(29-17)15-11-7-4-8-12-15/h3-13H,1-2H3,(H,23,24,26)/t13-/m0/s1. The number of aromatic nitrogens is 1. The van der Waals surface area contributed by atoms with Crippen LogP contribution in [0.25, 0.3) is 21.8 Å². The van der Waals surface area contributed by atoms with Crippen molar-refractivity contribution < 1.29 is 23.9 Å². The third kappa shape index (κ3) is 4.85. The third-order valence-electron chi connectivity index (χ3n) is 3.94. The number of thiazole rings is 1. The van der Waals surface area contributed by atoms with Crippen molar-refractivity contribution in [3.8, 4) is 21.8 Å². The first-order chi connectivity index (χ1) is 14.0. The molecule has 2 amide bonds. The highest BCUT2D eigenvalue weighted by Gasteiger charge is 2.26. The number of hydrogen-bond acceptors (Lipinski definition) is 7. The molecule has 0 aliphatic rings. The monoisotopic (exact) mass is 410 g/mol. The molecule has 0 saturated carbocycles. The number of imide groups is 1. The van der Waals surface area contributed by atoms with E-state index >= 15 is 0 Å². The number of esters is 1. The van der Waals surface area contributed by atoms with Gasteiger partial charge in [-0.15, -0.1) is 11.3 Å². The van der Waals surface area contributed by atoms with Gasteiger partial charge in [0.2, 0.25) is 0 Å². The molecule has 1 aromatic heterocycles. The minimum absolute atomic E-state index is 0.271. The van der Waals surface area contributed by atoms with Crippen LogP contribution in [0.15, 0.2) is 60.7 Å². The Morgan fingerprint density at radius 2 is 1.55 bits per heavy atom. The summed E-state index contributed by atoms with van der Waals surface area (Å²) < 4.78 is 9.64. The maximum atomic E-state index is 12.8. The molecular formula is C21H18N2O5S. The van der Waals surface area contributed by atoms with Crippen molar-refractivity contribution in [2.24, 2.45) is 0 Å². The van der Waals surface area contributed by atoms with E-state index < -0.39 is 24.1 Å². The second kappa shape index (κ2) is 9.11. The molecule has 3 aromatic rings. The van der Waals surface area contributed by atoms with Crippen LogP contribution >= 0.6 is 11.3 Å². The Labute approximate surface area is 171 Å². The first-order valence-corrected chi connectivity index (χ1v) is 9.52. The first kappa shape index (κ1) is 20.2. The topological polar surface area (TPSA) is 94.6 Å². The Morgan fingerprint density at radius 1 is 0.966 bits per heavy atom. The molecule has 2 aromatic carbocycles. The van der Waals surface area contributed by atoms with E-state index in [1.165, 1.54) is 18.3 Å². The van der Waals surface area contributed by atoms with E-state index in [0.29, 0.717) is 10.7 Å². The molecule has 7 nitrogen and oxygen atoms in total. The molecule has 0 fully saturated rings. The average Bonchev–Trinajstić information content (AvgIpc) is 3.20. The number of nitrogens with one attached hydrogen (secondary N) is 1. The minimum atomic E-state index is -1.19. The lowest BCUT2D eigenvalue weighted by atomic mass is 10.1. The van der Waals surface area contributed by atoms with Gasteiger partial charge in [0.1, 0.15) is 9.88 Å². The van der Waals surface area contributed by atoms with Crippen molar-refractivity contribution in [1.29, 1.82) is 0 Å². The van der Waals surface area contributed by atoms with Crippen molar-refractivity contribution in [3.05, 3.63) is 65.5 Å². The number of ether oxygens (including phenoxy) is 2. The number of methoxy groups -OCH3 is 1. The Kier molecular flexibility index (Phi) is 6.36. The van der Waals surface area contributed by atoms with E-state index in [2.05, 4.69) is 9.72 Å². The normalized spacial score (nSPS) is 11.4. The highest BCUT2D eigenvalue weighted by atomic mass is 32.1. The van der Waals surface area contributed by atoms with Gasteiger partial charge in [-0.1, -0.05) is 60.7 Å². The summed E-state index contributed by atoms with van der Waals surface area (Å²) >= 11 is 1.18. The summed E-state index contributed by atoms with van der Waals surface area (Å²) in [6.45, 7) is 1.37. The summed E-state index contributed by atoms with van der Waals surface area (Å²) in [5.41, 5.74) is 2.09. The van der Waals surface area contributed by atoms with Gasteiger partial charge in [0.15, 0.2) is 6.10 Å². The van der Waals surface area contributed by atoms with Crippen LogP contribution < -0.4 is 5.32 Å². The largest absolute Gasteiger partial charge is 0.453 e. The molecular weight excluding hydrogens is 392 g/mol. The molecule has 0 radical (unpaired) electrons. The zero-order valence-electron chi connectivity index (χ0n) is 15.7. The zero-order valence-corrected chi connectivity index (χ0v) is 16.6. The molecule has 29 heavy (non-hydrogen) atoms. The molecule has 1 N–H and O–H groups in total. The molecule has 8 heteroatoms. The number of amides is 2. The van der Waals surface area contributed by atoms with Crippen LogP contribution in [0.4, 0.5) is 4.79 Å². The van der Waals surface area contributed by atoms with Gasteiger partial charge < -0.3 is 9.47 Å². The van der Waals surface area contributed by atoms with Crippen molar-refractivity contribution in [3.63, 3.8) is 0 Å². The number of carbonyl (C=O) groups excluding carboxylic acids is 3. The second-order valence-corrected chi connectivity index (χ2v) is 6.96. The van der Waals surface area contributed by atoms with Gasteiger partial charge in [-0.05, 0) is 6.92 Å². The maximum Gasteiger partial charge on any atom is 0.413 e. The van der Waals surface area contributed by atoms with Crippen molar-refractivity contribution >= 4 is 29.3 Å². The van der Waals surface area contributed by atoms with E-state index in [-0.39, 0.29) is 4.88 Å². The van der Waals surface area contributed by atoms with Crippen LogP contribution in [0.3, 0.4) is 0 Å². The zero-order chi connectivity index (χ0) is 20.8. The van der Waals surface area contributed by atoms with Crippen LogP contribution in [-0.4, -0.2) is 36.2 Å². The fraction of sp³-hybridized carbons (Fsp3) is 0.143. The van der Waals surface area contributed by atoms with Crippen LogP contribution in [0.1, 0.15) is 16.6 Å². The summed E-state index contributed by atoms with van der Waals surface area (Å²) in [5.74, 6) is -1.48. The fourth-order valence-corrected chi connectivity index (χ4v) is 3.45. The second-order valence-electron chi connectivity index (χ2n) is 5.96. The molecule has 3 rings (SSSR count). The Balaban J connectivity index is 1.90. The molecule has 0 aliphatic carbocycles. The van der Waals surface area contributed by atoms with E-state index in [1.54, 1.807) is 0 Å². The summed E-state index contributed by atoms with van der Waals surface area (Å²) in [7, 11) is 1.13. The minimum Gasteiger partial charge on any atom is -0.453 e. The summed E-state index contributed by atoms with van der Waals surface area (Å²) in [5, 5.41) is 2.63. The van der Waals surface area contributed by atoms with Crippen LogP contribution in [0.5, 0.6) is 0 Å². The predicted molar refractivity (Wildman–Crippen MR) is 108 cm³/mol. The molecule has 1 heterocycles. The van der Waals surface area contributed by atoms with Gasteiger partial charge in [0, 0.05) is 11.1 Å². The SMILES string of the molecule is COC(=O)NC(=O)[C@H](C)OC(=O)c1sc(-c2ccccc2)nc1-c1ccccc1. The van der Waals surface area contributed by atoms with Gasteiger partial charge in [0.25, 0.3) is 5.91 Å². The number of rotatable bonds is 5. The van der Waals surface area contributed by atoms with Crippen molar-refractivity contribution in [2.45, 2.75) is 13.0 Å². The highest BCUT2D eigenvalue weighted by Crippen LogP contribution is 2.34. The summed E-state index contributed by atoms with van der Waals surface area (Å²) in [6.07, 6.45) is -2.11. The molecule has 0 spiro atoms. The fourth-order valence-electron chi connectivity index (χ4n) is 2.48. The quantitative estimate of drug-likeness (QED) is 0.641. The summed E-state index contributed by atoms with van der Waals surface area (Å²) in [6, 6.07) is 18.7. The Hall–Kier alpha value is -3.52. The van der Waals surface area contributed by atoms with Crippen LogP contribution in [0.2, 0.25) is 0 Å². The smallest absolute Gasteiger partial charge is 0.413 e. The van der Waals surface area contributed by atoms with Gasteiger partial charge in [-0.3, -0.25) is 10.1 Å². The lowest BCUT2D eigenvalue weighted by Crippen LogP contribution is -2.39. The lowest BCUT2D eigenvalue weighted by molar-refractivity contribution is -0.128. The molecule has 148 valence electrons. The van der Waals surface area contributed by atoms with E-state index in [4.69, 9.17) is 4.74 Å². The molecule has 1 atom stereocenters. The van der Waals surface area contributed by atoms with Crippen molar-refractivity contribution in [1.82, 2.24) is 10.3 Å². The average molecular weight is 410 g/mol. The number of alkyl carbamates (subject to hydrolysis) is 1. The van der Waals surface area contributed by atoms with Gasteiger partial charge in [-0.2, -0.15) is 0 Å².